The first-order valence-corrected chi connectivity index (χ1v) is 7.81. The Morgan fingerprint density at radius 2 is 2.04 bits per heavy atom. The fourth-order valence-corrected chi connectivity index (χ4v) is 3.12. The van der Waals surface area contributed by atoms with E-state index in [0.29, 0.717) is 17.7 Å². The third-order valence-electron chi connectivity index (χ3n) is 4.20. The molecule has 4 nitrogen and oxygen atoms in total. The molecule has 1 amide bonds. The maximum Gasteiger partial charge on any atom is 0.262 e. The number of amides is 1. The van der Waals surface area contributed by atoms with Gasteiger partial charge in [-0.25, -0.2) is 4.39 Å². The van der Waals surface area contributed by atoms with E-state index in [1.165, 1.54) is 12.1 Å². The van der Waals surface area contributed by atoms with E-state index in [2.05, 4.69) is 5.32 Å². The lowest BCUT2D eigenvalue weighted by molar-refractivity contribution is -0.118. The van der Waals surface area contributed by atoms with E-state index in [1.54, 1.807) is 18.2 Å². The fourth-order valence-electron chi connectivity index (χ4n) is 3.12. The monoisotopic (exact) mass is 327 g/mol. The highest BCUT2D eigenvalue weighted by molar-refractivity contribution is 6.04. The zero-order chi connectivity index (χ0) is 17.3. The number of fused-ring (bicyclic) bond motifs is 1. The molecule has 0 bridgehead atoms. The van der Waals surface area contributed by atoms with Crippen LogP contribution in [0.2, 0.25) is 0 Å². The Balaban J connectivity index is 1.73. The summed E-state index contributed by atoms with van der Waals surface area (Å²) in [7, 11) is 0. The van der Waals surface area contributed by atoms with Crippen molar-refractivity contribution in [1.82, 2.24) is 0 Å². The number of para-hydroxylation sites is 1. The Morgan fingerprint density at radius 1 is 1.29 bits per heavy atom. The average molecular weight is 327 g/mol. The van der Waals surface area contributed by atoms with Crippen LogP contribution in [0, 0.1) is 12.7 Å². The smallest absolute Gasteiger partial charge is 0.262 e. The van der Waals surface area contributed by atoms with Gasteiger partial charge in [0, 0.05) is 6.42 Å². The fraction of sp³-hybridized carbons (Fsp3) is 0.263. The number of rotatable bonds is 4. The number of carbonyl (C=O) groups excluding carboxylic acids is 2. The van der Waals surface area contributed by atoms with E-state index >= 15 is 0 Å². The van der Waals surface area contributed by atoms with E-state index in [1.807, 2.05) is 19.9 Å². The minimum atomic E-state index is -0.508. The topological polar surface area (TPSA) is 55.4 Å². The van der Waals surface area contributed by atoms with Crippen LogP contribution in [0.4, 0.5) is 10.1 Å². The molecule has 1 unspecified atom stereocenters. The van der Waals surface area contributed by atoms with Crippen LogP contribution in [-0.2, 0) is 4.79 Å². The zero-order valence-corrected chi connectivity index (χ0v) is 13.6. The maximum atomic E-state index is 13.5. The number of hydrogen-bond acceptors (Lipinski definition) is 3. The number of ketones is 1. The first-order chi connectivity index (χ1) is 11.5. The standard InChI is InChI=1S/C19H18FNO3/c1-11-7-8-16(19-15(22)9-12(2)18(11)19)24-10-17(23)21-14-6-4-3-5-13(14)20/h3-8,12H,9-10H2,1-2H3,(H,21,23). The van der Waals surface area contributed by atoms with Gasteiger partial charge in [0.15, 0.2) is 12.4 Å². The van der Waals surface area contributed by atoms with Crippen molar-refractivity contribution < 1.29 is 18.7 Å². The van der Waals surface area contributed by atoms with Crippen LogP contribution in [0.1, 0.15) is 40.7 Å². The molecule has 2 aromatic carbocycles. The molecule has 0 fully saturated rings. The van der Waals surface area contributed by atoms with Gasteiger partial charge in [0.2, 0.25) is 0 Å². The Morgan fingerprint density at radius 3 is 2.79 bits per heavy atom. The summed E-state index contributed by atoms with van der Waals surface area (Å²) >= 11 is 0. The minimum Gasteiger partial charge on any atom is -0.483 e. The van der Waals surface area contributed by atoms with Crippen LogP contribution in [-0.4, -0.2) is 18.3 Å². The molecule has 0 heterocycles. The number of carbonyl (C=O) groups is 2. The van der Waals surface area contributed by atoms with Crippen molar-refractivity contribution in [2.24, 2.45) is 0 Å². The van der Waals surface area contributed by atoms with Gasteiger partial charge in [-0.15, -0.1) is 0 Å². The van der Waals surface area contributed by atoms with Crippen molar-refractivity contribution in [2.75, 3.05) is 11.9 Å². The zero-order valence-electron chi connectivity index (χ0n) is 13.6. The number of Topliss-reactive ketones (excluding diaryl/α,β-unsaturated/α-hetero) is 1. The number of aryl methyl sites for hydroxylation is 1. The first kappa shape index (κ1) is 16.2. The van der Waals surface area contributed by atoms with E-state index in [0.717, 1.165) is 11.1 Å². The molecule has 24 heavy (non-hydrogen) atoms. The highest BCUT2D eigenvalue weighted by atomic mass is 19.1. The first-order valence-electron chi connectivity index (χ1n) is 7.81. The summed E-state index contributed by atoms with van der Waals surface area (Å²) in [5.74, 6) is -0.387. The Hall–Kier alpha value is -2.69. The number of nitrogens with one attached hydrogen (secondary N) is 1. The molecule has 1 atom stereocenters. The van der Waals surface area contributed by atoms with Crippen LogP contribution in [0.15, 0.2) is 36.4 Å². The Kier molecular flexibility index (Phi) is 4.34. The summed E-state index contributed by atoms with van der Waals surface area (Å²) in [5.41, 5.74) is 2.71. The van der Waals surface area contributed by atoms with E-state index in [-0.39, 0.29) is 24.0 Å². The van der Waals surface area contributed by atoms with Crippen LogP contribution >= 0.6 is 0 Å². The maximum absolute atomic E-state index is 13.5. The molecule has 0 radical (unpaired) electrons. The summed E-state index contributed by atoms with van der Waals surface area (Å²) in [6.07, 6.45) is 0.456. The molecular formula is C19H18FNO3. The van der Waals surface area contributed by atoms with E-state index in [9.17, 15) is 14.0 Å². The van der Waals surface area contributed by atoms with Gasteiger partial charge in [-0.3, -0.25) is 9.59 Å². The van der Waals surface area contributed by atoms with Crippen LogP contribution in [0.3, 0.4) is 0 Å². The third-order valence-corrected chi connectivity index (χ3v) is 4.20. The predicted molar refractivity (Wildman–Crippen MR) is 89.1 cm³/mol. The van der Waals surface area contributed by atoms with Gasteiger partial charge in [-0.2, -0.15) is 0 Å². The van der Waals surface area contributed by atoms with Crippen molar-refractivity contribution in [3.63, 3.8) is 0 Å². The lowest BCUT2D eigenvalue weighted by atomic mass is 9.97. The van der Waals surface area contributed by atoms with Crippen LogP contribution in [0.25, 0.3) is 0 Å². The highest BCUT2D eigenvalue weighted by Gasteiger charge is 2.31. The minimum absolute atomic E-state index is 0.0331. The number of benzene rings is 2. The number of hydrogen-bond donors (Lipinski definition) is 1. The van der Waals surface area contributed by atoms with Gasteiger partial charge in [-0.05, 0) is 42.2 Å². The molecule has 0 spiro atoms. The van der Waals surface area contributed by atoms with Crippen molar-refractivity contribution in [3.8, 4) is 5.75 Å². The predicted octanol–water partition coefficient (Wildman–Crippen LogP) is 3.84. The van der Waals surface area contributed by atoms with Crippen molar-refractivity contribution in [1.29, 1.82) is 0 Å². The molecule has 1 aliphatic rings. The van der Waals surface area contributed by atoms with Crippen molar-refractivity contribution in [3.05, 3.63) is 58.9 Å². The molecule has 0 aromatic heterocycles. The molecule has 0 saturated carbocycles. The molecule has 3 rings (SSSR count). The van der Waals surface area contributed by atoms with Crippen LogP contribution < -0.4 is 10.1 Å². The number of anilines is 1. The highest BCUT2D eigenvalue weighted by Crippen LogP contribution is 2.40. The van der Waals surface area contributed by atoms with Gasteiger partial charge in [0.1, 0.15) is 11.6 Å². The van der Waals surface area contributed by atoms with E-state index < -0.39 is 11.7 Å². The average Bonchev–Trinajstić information content (AvgIpc) is 2.85. The molecule has 1 N–H and O–H groups in total. The molecular weight excluding hydrogens is 309 g/mol. The summed E-state index contributed by atoms with van der Waals surface area (Å²) < 4.78 is 19.1. The van der Waals surface area contributed by atoms with Crippen LogP contribution in [0.5, 0.6) is 5.75 Å². The number of ether oxygens (including phenoxy) is 1. The number of halogens is 1. The molecule has 1 aliphatic carbocycles. The quantitative estimate of drug-likeness (QED) is 0.928. The molecule has 5 heteroatoms. The summed E-state index contributed by atoms with van der Waals surface area (Å²) in [4.78, 5) is 24.2. The second-order valence-corrected chi connectivity index (χ2v) is 6.01. The summed E-state index contributed by atoms with van der Waals surface area (Å²) in [6, 6.07) is 9.51. The lowest BCUT2D eigenvalue weighted by Crippen LogP contribution is -2.21. The second-order valence-electron chi connectivity index (χ2n) is 6.01. The van der Waals surface area contributed by atoms with Crippen molar-refractivity contribution in [2.45, 2.75) is 26.2 Å². The molecule has 124 valence electrons. The van der Waals surface area contributed by atoms with Gasteiger partial charge < -0.3 is 10.1 Å². The van der Waals surface area contributed by atoms with Gasteiger partial charge in [-0.1, -0.05) is 25.1 Å². The van der Waals surface area contributed by atoms with E-state index in [4.69, 9.17) is 4.74 Å². The largest absolute Gasteiger partial charge is 0.483 e. The van der Waals surface area contributed by atoms with Gasteiger partial charge in [0.05, 0.1) is 11.3 Å². The molecule has 2 aromatic rings. The normalized spacial score (nSPS) is 16.0. The summed E-state index contributed by atoms with van der Waals surface area (Å²) in [6.45, 7) is 3.68. The Labute approximate surface area is 139 Å². The SMILES string of the molecule is Cc1ccc(OCC(=O)Nc2ccccc2F)c2c1C(C)CC2=O. The Bertz CT molecular complexity index is 816. The lowest BCUT2D eigenvalue weighted by Gasteiger charge is -2.13. The second kappa shape index (κ2) is 6.43. The molecule has 0 aliphatic heterocycles. The summed E-state index contributed by atoms with van der Waals surface area (Å²) in [5, 5.41) is 2.46. The molecule has 0 saturated heterocycles. The third kappa shape index (κ3) is 3.02. The van der Waals surface area contributed by atoms with Crippen molar-refractivity contribution >= 4 is 17.4 Å². The van der Waals surface area contributed by atoms with Gasteiger partial charge in [0.25, 0.3) is 5.91 Å². The van der Waals surface area contributed by atoms with Gasteiger partial charge >= 0.3 is 0 Å².